The fraction of sp³-hybridized carbons (Fsp3) is 0.273. The number of fused-ring (bicyclic) bond motifs is 1. The number of carbonyl (C=O) groups is 3. The summed E-state index contributed by atoms with van der Waals surface area (Å²) in [4.78, 5) is 40.9. The Morgan fingerprint density at radius 1 is 1.10 bits per heavy atom. The molecule has 0 radical (unpaired) electrons. The van der Waals surface area contributed by atoms with E-state index < -0.39 is 17.8 Å². The Morgan fingerprint density at radius 2 is 1.90 bits per heavy atom. The lowest BCUT2D eigenvalue weighted by Gasteiger charge is -2.14. The highest BCUT2D eigenvalue weighted by Crippen LogP contribution is 2.24. The first kappa shape index (κ1) is 21.0. The molecule has 1 N–H and O–H groups in total. The van der Waals surface area contributed by atoms with Gasteiger partial charge in [-0.3, -0.25) is 9.59 Å². The molecule has 0 saturated carbocycles. The second-order valence-electron chi connectivity index (χ2n) is 6.44. The molecule has 0 aliphatic heterocycles. The number of ether oxygens (including phenoxy) is 2. The summed E-state index contributed by atoms with van der Waals surface area (Å²) in [5.74, 6) is -1.29. The third kappa shape index (κ3) is 4.83. The lowest BCUT2D eigenvalue weighted by atomic mass is 10.0. The number of rotatable bonds is 8. The highest BCUT2D eigenvalue weighted by molar-refractivity contribution is 5.98. The van der Waals surface area contributed by atoms with Crippen LogP contribution in [0.3, 0.4) is 0 Å². The first-order chi connectivity index (χ1) is 14.5. The van der Waals surface area contributed by atoms with Gasteiger partial charge in [-0.2, -0.15) is 0 Å². The minimum atomic E-state index is -0.530. The van der Waals surface area contributed by atoms with Gasteiger partial charge in [0.2, 0.25) is 0 Å². The molecule has 156 valence electrons. The van der Waals surface area contributed by atoms with Crippen LogP contribution in [-0.4, -0.2) is 36.0 Å². The molecule has 8 nitrogen and oxygen atoms in total. The van der Waals surface area contributed by atoms with Gasteiger partial charge in [0.15, 0.2) is 5.76 Å². The summed E-state index contributed by atoms with van der Waals surface area (Å²) in [6.45, 7) is 3.67. The van der Waals surface area contributed by atoms with Crippen LogP contribution in [0, 0.1) is 6.92 Å². The van der Waals surface area contributed by atoms with E-state index >= 15 is 0 Å². The van der Waals surface area contributed by atoms with Gasteiger partial charge in [0.05, 0.1) is 36.1 Å². The number of hydrogen-bond acceptors (Lipinski definition) is 7. The van der Waals surface area contributed by atoms with Crippen molar-refractivity contribution in [2.45, 2.75) is 26.9 Å². The van der Waals surface area contributed by atoms with Gasteiger partial charge in [0.25, 0.3) is 5.91 Å². The predicted molar refractivity (Wildman–Crippen MR) is 108 cm³/mol. The zero-order valence-electron chi connectivity index (χ0n) is 16.8. The van der Waals surface area contributed by atoms with Gasteiger partial charge in [-0.05, 0) is 37.6 Å². The van der Waals surface area contributed by atoms with Crippen LogP contribution in [0.2, 0.25) is 0 Å². The fourth-order valence-electron chi connectivity index (χ4n) is 3.01. The standard InChI is InChI=1S/C22H22N2O6/c1-3-28-22(27)20-14(2)15-7-4-5-8-16(15)24-17(20)13-30-19(25)10-11-23-21(26)18-9-6-12-29-18/h4-9,12H,3,10-11,13H2,1-2H3,(H,23,26). The lowest BCUT2D eigenvalue weighted by molar-refractivity contribution is -0.144. The molecule has 8 heteroatoms. The highest BCUT2D eigenvalue weighted by Gasteiger charge is 2.21. The van der Waals surface area contributed by atoms with E-state index in [-0.39, 0.29) is 31.9 Å². The molecule has 0 bridgehead atoms. The number of amides is 1. The molecule has 1 aromatic carbocycles. The molecule has 1 amide bonds. The van der Waals surface area contributed by atoms with E-state index in [0.717, 1.165) is 10.9 Å². The Labute approximate surface area is 173 Å². The number of para-hydroxylation sites is 1. The fourth-order valence-corrected chi connectivity index (χ4v) is 3.01. The Bertz CT molecular complexity index is 1060. The largest absolute Gasteiger partial charge is 0.462 e. The van der Waals surface area contributed by atoms with Gasteiger partial charge in [0.1, 0.15) is 6.61 Å². The average Bonchev–Trinajstić information content (AvgIpc) is 3.27. The van der Waals surface area contributed by atoms with Crippen LogP contribution < -0.4 is 5.32 Å². The molecular formula is C22H22N2O6. The Morgan fingerprint density at radius 3 is 2.63 bits per heavy atom. The van der Waals surface area contributed by atoms with Crippen LogP contribution in [0.4, 0.5) is 0 Å². The normalized spacial score (nSPS) is 10.6. The van der Waals surface area contributed by atoms with Crippen LogP contribution in [0.5, 0.6) is 0 Å². The molecule has 0 saturated heterocycles. The third-order valence-corrected chi connectivity index (χ3v) is 4.44. The topological polar surface area (TPSA) is 108 Å². The second kappa shape index (κ2) is 9.69. The van der Waals surface area contributed by atoms with Crippen molar-refractivity contribution >= 4 is 28.7 Å². The summed E-state index contributed by atoms with van der Waals surface area (Å²) in [7, 11) is 0. The molecule has 0 aliphatic rings. The first-order valence-electron chi connectivity index (χ1n) is 9.54. The number of carbonyl (C=O) groups excluding carboxylic acids is 3. The number of nitrogens with one attached hydrogen (secondary N) is 1. The summed E-state index contributed by atoms with van der Waals surface area (Å²) < 4.78 is 15.4. The van der Waals surface area contributed by atoms with Crippen molar-refractivity contribution in [3.05, 3.63) is 65.2 Å². The molecule has 0 atom stereocenters. The summed E-state index contributed by atoms with van der Waals surface area (Å²) in [5.41, 5.74) is 2.04. The molecule has 30 heavy (non-hydrogen) atoms. The van der Waals surface area contributed by atoms with E-state index in [1.165, 1.54) is 12.3 Å². The lowest BCUT2D eigenvalue weighted by Crippen LogP contribution is -2.26. The van der Waals surface area contributed by atoms with Crippen molar-refractivity contribution in [3.63, 3.8) is 0 Å². The van der Waals surface area contributed by atoms with Crippen molar-refractivity contribution in [1.29, 1.82) is 0 Å². The van der Waals surface area contributed by atoms with Crippen molar-refractivity contribution in [3.8, 4) is 0 Å². The van der Waals surface area contributed by atoms with Crippen LogP contribution in [-0.2, 0) is 20.9 Å². The zero-order valence-corrected chi connectivity index (χ0v) is 16.8. The quantitative estimate of drug-likeness (QED) is 0.568. The maximum Gasteiger partial charge on any atom is 0.340 e. The molecule has 3 rings (SSSR count). The minimum absolute atomic E-state index is 0.0340. The summed E-state index contributed by atoms with van der Waals surface area (Å²) in [5, 5.41) is 3.40. The van der Waals surface area contributed by atoms with Crippen LogP contribution in [0.15, 0.2) is 47.1 Å². The molecule has 2 aromatic heterocycles. The number of hydrogen-bond donors (Lipinski definition) is 1. The van der Waals surface area contributed by atoms with E-state index in [1.807, 2.05) is 31.2 Å². The summed E-state index contributed by atoms with van der Waals surface area (Å²) in [6, 6.07) is 10.5. The number of esters is 2. The minimum Gasteiger partial charge on any atom is -0.462 e. The maximum atomic E-state index is 12.5. The second-order valence-corrected chi connectivity index (χ2v) is 6.44. The molecule has 2 heterocycles. The van der Waals surface area contributed by atoms with Crippen LogP contribution in [0.25, 0.3) is 10.9 Å². The number of aryl methyl sites for hydroxylation is 1. The third-order valence-electron chi connectivity index (χ3n) is 4.44. The van der Waals surface area contributed by atoms with Crippen molar-refractivity contribution in [2.75, 3.05) is 13.2 Å². The van der Waals surface area contributed by atoms with Crippen molar-refractivity contribution in [2.24, 2.45) is 0 Å². The Kier molecular flexibility index (Phi) is 6.79. The van der Waals surface area contributed by atoms with E-state index in [9.17, 15) is 14.4 Å². The summed E-state index contributed by atoms with van der Waals surface area (Å²) >= 11 is 0. The van der Waals surface area contributed by atoms with E-state index in [0.29, 0.717) is 16.8 Å². The zero-order chi connectivity index (χ0) is 21.5. The van der Waals surface area contributed by atoms with Crippen LogP contribution in [0.1, 0.15) is 45.5 Å². The van der Waals surface area contributed by atoms with E-state index in [2.05, 4.69) is 10.3 Å². The van der Waals surface area contributed by atoms with Crippen molar-refractivity contribution < 1.29 is 28.3 Å². The highest BCUT2D eigenvalue weighted by atomic mass is 16.5. The number of nitrogens with zero attached hydrogens (tertiary/aromatic N) is 1. The van der Waals surface area contributed by atoms with Crippen molar-refractivity contribution in [1.82, 2.24) is 10.3 Å². The van der Waals surface area contributed by atoms with Gasteiger partial charge >= 0.3 is 11.9 Å². The van der Waals surface area contributed by atoms with Gasteiger partial charge in [-0.1, -0.05) is 18.2 Å². The molecule has 0 spiro atoms. The first-order valence-corrected chi connectivity index (χ1v) is 9.54. The molecule has 0 aliphatic carbocycles. The van der Waals surface area contributed by atoms with Gasteiger partial charge in [-0.25, -0.2) is 9.78 Å². The predicted octanol–water partition coefficient (Wildman–Crippen LogP) is 3.18. The molecule has 0 fully saturated rings. The Hall–Kier alpha value is -3.68. The maximum absolute atomic E-state index is 12.5. The monoisotopic (exact) mass is 410 g/mol. The van der Waals surface area contributed by atoms with Gasteiger partial charge in [-0.15, -0.1) is 0 Å². The number of benzene rings is 1. The van der Waals surface area contributed by atoms with Gasteiger partial charge < -0.3 is 19.2 Å². The number of pyridine rings is 1. The smallest absolute Gasteiger partial charge is 0.340 e. The molecular weight excluding hydrogens is 388 g/mol. The molecule has 0 unspecified atom stereocenters. The number of aromatic nitrogens is 1. The average molecular weight is 410 g/mol. The van der Waals surface area contributed by atoms with Gasteiger partial charge in [0, 0.05) is 11.9 Å². The Balaban J connectivity index is 1.67. The van der Waals surface area contributed by atoms with E-state index in [4.69, 9.17) is 13.9 Å². The van der Waals surface area contributed by atoms with E-state index in [1.54, 1.807) is 13.0 Å². The SMILES string of the molecule is CCOC(=O)c1c(COC(=O)CCNC(=O)c2ccco2)nc2ccccc2c1C. The number of furan rings is 1. The summed E-state index contributed by atoms with van der Waals surface area (Å²) in [6.07, 6.45) is 1.36. The van der Waals surface area contributed by atoms with Crippen LogP contribution >= 0.6 is 0 Å². The molecule has 3 aromatic rings.